The van der Waals surface area contributed by atoms with Crippen LogP contribution in [0.4, 0.5) is 5.82 Å². The van der Waals surface area contributed by atoms with Gasteiger partial charge in [0, 0.05) is 24.2 Å². The number of phenols is 1. The highest BCUT2D eigenvalue weighted by molar-refractivity contribution is 5.95. The van der Waals surface area contributed by atoms with Crippen LogP contribution in [0.2, 0.25) is 0 Å². The molecule has 20 heavy (non-hydrogen) atoms. The first kappa shape index (κ1) is 13.7. The van der Waals surface area contributed by atoms with Crippen LogP contribution in [0.15, 0.2) is 18.3 Å². The lowest BCUT2D eigenvalue weighted by atomic mass is 10.0. The Morgan fingerprint density at radius 2 is 2.05 bits per heavy atom. The average Bonchev–Trinajstić information content (AvgIpc) is 2.78. The van der Waals surface area contributed by atoms with E-state index in [4.69, 9.17) is 10.5 Å². The SMILES string of the molecule is COC(=O)c1cc(-c2cnn(C)c2N)c(OC)cc1O. The van der Waals surface area contributed by atoms with Gasteiger partial charge < -0.3 is 20.3 Å². The molecule has 0 atom stereocenters. The predicted molar refractivity (Wildman–Crippen MR) is 72.6 cm³/mol. The quantitative estimate of drug-likeness (QED) is 0.817. The van der Waals surface area contributed by atoms with Crippen LogP contribution in [0.1, 0.15) is 10.4 Å². The Bertz CT molecular complexity index is 664. The van der Waals surface area contributed by atoms with E-state index >= 15 is 0 Å². The summed E-state index contributed by atoms with van der Waals surface area (Å²) < 4.78 is 11.3. The van der Waals surface area contributed by atoms with Crippen molar-refractivity contribution in [3.8, 4) is 22.6 Å². The number of nitrogen functional groups attached to an aromatic ring is 1. The second-order valence-electron chi connectivity index (χ2n) is 4.13. The largest absolute Gasteiger partial charge is 0.507 e. The van der Waals surface area contributed by atoms with Crippen molar-refractivity contribution < 1.29 is 19.4 Å². The minimum absolute atomic E-state index is 0.0338. The first-order valence-electron chi connectivity index (χ1n) is 5.76. The number of esters is 1. The molecule has 0 radical (unpaired) electrons. The highest BCUT2D eigenvalue weighted by atomic mass is 16.5. The van der Waals surface area contributed by atoms with Crippen molar-refractivity contribution in [2.24, 2.45) is 7.05 Å². The maximum atomic E-state index is 11.6. The lowest BCUT2D eigenvalue weighted by molar-refractivity contribution is 0.0597. The van der Waals surface area contributed by atoms with Gasteiger partial charge >= 0.3 is 5.97 Å². The number of rotatable bonds is 3. The Balaban J connectivity index is 2.67. The van der Waals surface area contributed by atoms with E-state index in [1.807, 2.05) is 0 Å². The molecule has 106 valence electrons. The zero-order valence-electron chi connectivity index (χ0n) is 11.4. The molecule has 0 saturated heterocycles. The van der Waals surface area contributed by atoms with Crippen LogP contribution in [0.5, 0.6) is 11.5 Å². The Kier molecular flexibility index (Phi) is 3.51. The third kappa shape index (κ3) is 2.13. The fourth-order valence-corrected chi connectivity index (χ4v) is 1.88. The first-order valence-corrected chi connectivity index (χ1v) is 5.76. The second kappa shape index (κ2) is 5.12. The normalized spacial score (nSPS) is 10.3. The van der Waals surface area contributed by atoms with Crippen LogP contribution in [0.3, 0.4) is 0 Å². The van der Waals surface area contributed by atoms with E-state index in [0.29, 0.717) is 22.7 Å². The van der Waals surface area contributed by atoms with Crippen molar-refractivity contribution in [1.29, 1.82) is 0 Å². The number of aromatic nitrogens is 2. The number of hydrogen-bond donors (Lipinski definition) is 2. The minimum atomic E-state index is -0.645. The maximum absolute atomic E-state index is 11.6. The van der Waals surface area contributed by atoms with Crippen LogP contribution in [0, 0.1) is 0 Å². The van der Waals surface area contributed by atoms with Crippen molar-refractivity contribution >= 4 is 11.8 Å². The van der Waals surface area contributed by atoms with Gasteiger partial charge in [-0.2, -0.15) is 5.10 Å². The molecule has 0 bridgehead atoms. The molecule has 1 aromatic carbocycles. The monoisotopic (exact) mass is 277 g/mol. The first-order chi connectivity index (χ1) is 9.49. The molecule has 0 aliphatic rings. The summed E-state index contributed by atoms with van der Waals surface area (Å²) in [5.74, 6) is -0.0616. The molecular weight excluding hydrogens is 262 g/mol. The smallest absolute Gasteiger partial charge is 0.341 e. The zero-order valence-corrected chi connectivity index (χ0v) is 11.4. The van der Waals surface area contributed by atoms with Crippen LogP contribution in [-0.2, 0) is 11.8 Å². The van der Waals surface area contributed by atoms with Gasteiger partial charge in [-0.3, -0.25) is 4.68 Å². The van der Waals surface area contributed by atoms with Crippen molar-refractivity contribution in [1.82, 2.24) is 9.78 Å². The lowest BCUT2D eigenvalue weighted by Gasteiger charge is -2.11. The van der Waals surface area contributed by atoms with Crippen LogP contribution in [-0.4, -0.2) is 35.1 Å². The van der Waals surface area contributed by atoms with Crippen LogP contribution < -0.4 is 10.5 Å². The number of ether oxygens (including phenoxy) is 2. The van der Waals surface area contributed by atoms with Crippen LogP contribution in [0.25, 0.3) is 11.1 Å². The Morgan fingerprint density at radius 1 is 1.35 bits per heavy atom. The van der Waals surface area contributed by atoms with Gasteiger partial charge in [-0.15, -0.1) is 0 Å². The second-order valence-corrected chi connectivity index (χ2v) is 4.13. The maximum Gasteiger partial charge on any atom is 0.341 e. The van der Waals surface area contributed by atoms with Gasteiger partial charge in [-0.05, 0) is 6.07 Å². The molecule has 2 aromatic rings. The Hall–Kier alpha value is -2.70. The minimum Gasteiger partial charge on any atom is -0.507 e. The molecule has 0 spiro atoms. The summed E-state index contributed by atoms with van der Waals surface area (Å²) in [5, 5.41) is 13.9. The highest BCUT2D eigenvalue weighted by Crippen LogP contribution is 2.38. The number of carbonyl (C=O) groups is 1. The molecule has 2 rings (SSSR count). The zero-order chi connectivity index (χ0) is 14.9. The topological polar surface area (TPSA) is 99.6 Å². The number of aromatic hydroxyl groups is 1. The van der Waals surface area contributed by atoms with E-state index < -0.39 is 5.97 Å². The summed E-state index contributed by atoms with van der Waals surface area (Å²) in [5.41, 5.74) is 7.11. The number of aryl methyl sites for hydroxylation is 1. The number of carbonyl (C=O) groups excluding carboxylic acids is 1. The molecule has 3 N–H and O–H groups in total. The third-order valence-electron chi connectivity index (χ3n) is 3.00. The Labute approximate surface area is 115 Å². The summed E-state index contributed by atoms with van der Waals surface area (Å²) in [4.78, 5) is 11.6. The van der Waals surface area contributed by atoms with Crippen molar-refractivity contribution in [2.75, 3.05) is 20.0 Å². The summed E-state index contributed by atoms with van der Waals surface area (Å²) in [6.07, 6.45) is 1.56. The molecule has 0 amide bonds. The van der Waals surface area contributed by atoms with Crippen molar-refractivity contribution in [3.63, 3.8) is 0 Å². The standard InChI is InChI=1S/C13H15N3O4/c1-16-12(14)9(6-15-16)7-4-8(13(18)20-3)10(17)5-11(7)19-2/h4-6,17H,14H2,1-3H3. The Morgan fingerprint density at radius 3 is 2.55 bits per heavy atom. The number of benzene rings is 1. The van der Waals surface area contributed by atoms with E-state index in [1.54, 1.807) is 13.2 Å². The molecule has 0 aliphatic heterocycles. The summed E-state index contributed by atoms with van der Waals surface area (Å²) in [6, 6.07) is 2.81. The van der Waals surface area contributed by atoms with Crippen molar-refractivity contribution in [2.45, 2.75) is 0 Å². The van der Waals surface area contributed by atoms with E-state index in [2.05, 4.69) is 9.84 Å². The molecule has 7 nitrogen and oxygen atoms in total. The molecule has 0 saturated carbocycles. The summed E-state index contributed by atoms with van der Waals surface area (Å²) >= 11 is 0. The predicted octanol–water partition coefficient (Wildman–Crippen LogP) is 1.17. The lowest BCUT2D eigenvalue weighted by Crippen LogP contribution is -2.03. The number of hydrogen-bond acceptors (Lipinski definition) is 6. The number of methoxy groups -OCH3 is 2. The molecule has 7 heteroatoms. The average molecular weight is 277 g/mol. The molecule has 0 fully saturated rings. The van der Waals surface area contributed by atoms with Gasteiger partial charge in [0.15, 0.2) is 0 Å². The number of nitrogens with two attached hydrogens (primary N) is 1. The van der Waals surface area contributed by atoms with Crippen LogP contribution >= 0.6 is 0 Å². The van der Waals surface area contributed by atoms with E-state index in [0.717, 1.165) is 0 Å². The van der Waals surface area contributed by atoms with Gasteiger partial charge in [0.2, 0.25) is 0 Å². The molecule has 0 unspecified atom stereocenters. The molecule has 1 heterocycles. The fraction of sp³-hybridized carbons (Fsp3) is 0.231. The number of anilines is 1. The molecule has 0 aliphatic carbocycles. The van der Waals surface area contributed by atoms with Gasteiger partial charge in [-0.25, -0.2) is 4.79 Å². The highest BCUT2D eigenvalue weighted by Gasteiger charge is 2.19. The van der Waals surface area contributed by atoms with Gasteiger partial charge in [0.05, 0.1) is 20.4 Å². The molecular formula is C13H15N3O4. The van der Waals surface area contributed by atoms with E-state index in [9.17, 15) is 9.90 Å². The fourth-order valence-electron chi connectivity index (χ4n) is 1.88. The summed E-state index contributed by atoms with van der Waals surface area (Å²) in [7, 11) is 4.40. The number of phenolic OH excluding ortho intramolecular Hbond substituents is 1. The van der Waals surface area contributed by atoms with E-state index in [1.165, 1.54) is 31.0 Å². The van der Waals surface area contributed by atoms with Gasteiger partial charge in [0.1, 0.15) is 22.9 Å². The van der Waals surface area contributed by atoms with E-state index in [-0.39, 0.29) is 11.3 Å². The third-order valence-corrected chi connectivity index (χ3v) is 3.00. The summed E-state index contributed by atoms with van der Waals surface area (Å²) in [6.45, 7) is 0. The van der Waals surface area contributed by atoms with Gasteiger partial charge in [-0.1, -0.05) is 0 Å². The number of nitrogens with zero attached hydrogens (tertiary/aromatic N) is 2. The van der Waals surface area contributed by atoms with Crippen molar-refractivity contribution in [3.05, 3.63) is 23.9 Å². The van der Waals surface area contributed by atoms with Gasteiger partial charge in [0.25, 0.3) is 0 Å². The molecule has 1 aromatic heterocycles.